The fourth-order valence-corrected chi connectivity index (χ4v) is 2.14. The number of benzene rings is 1. The molecule has 0 spiro atoms. The summed E-state index contributed by atoms with van der Waals surface area (Å²) in [6, 6.07) is 14.4. The third-order valence-electron chi connectivity index (χ3n) is 3.19. The Bertz CT molecular complexity index is 611. The van der Waals surface area contributed by atoms with Crippen LogP contribution < -0.4 is 5.73 Å². The summed E-state index contributed by atoms with van der Waals surface area (Å²) in [5.41, 5.74) is 8.82. The molecule has 0 saturated heterocycles. The molecular weight excluding hydrogens is 258 g/mol. The van der Waals surface area contributed by atoms with Crippen molar-refractivity contribution < 1.29 is 0 Å². The van der Waals surface area contributed by atoms with Crippen LogP contribution >= 0.6 is 0 Å². The van der Waals surface area contributed by atoms with Crippen molar-refractivity contribution >= 4 is 0 Å². The first-order valence-corrected chi connectivity index (χ1v) is 7.14. The maximum atomic E-state index is 5.40. The SMILES string of the molecule is CN(CCc1ccccn1)Cc1cccc(C#CCN)c1. The third kappa shape index (κ3) is 5.39. The number of hydrogen-bond donors (Lipinski definition) is 1. The molecule has 0 radical (unpaired) electrons. The van der Waals surface area contributed by atoms with E-state index in [4.69, 9.17) is 5.73 Å². The number of nitrogens with two attached hydrogens (primary N) is 1. The third-order valence-corrected chi connectivity index (χ3v) is 3.19. The smallest absolute Gasteiger partial charge is 0.0555 e. The summed E-state index contributed by atoms with van der Waals surface area (Å²) in [5.74, 6) is 5.96. The second kappa shape index (κ2) is 8.21. The van der Waals surface area contributed by atoms with E-state index < -0.39 is 0 Å². The van der Waals surface area contributed by atoms with Gasteiger partial charge < -0.3 is 10.6 Å². The van der Waals surface area contributed by atoms with Crippen LogP contribution in [-0.2, 0) is 13.0 Å². The van der Waals surface area contributed by atoms with Gasteiger partial charge in [0.05, 0.1) is 6.54 Å². The number of likely N-dealkylation sites (N-methyl/N-ethyl adjacent to an activating group) is 1. The zero-order chi connectivity index (χ0) is 14.9. The van der Waals surface area contributed by atoms with Gasteiger partial charge >= 0.3 is 0 Å². The van der Waals surface area contributed by atoms with Crippen LogP contribution in [0.1, 0.15) is 16.8 Å². The van der Waals surface area contributed by atoms with Gasteiger partial charge in [-0.05, 0) is 36.9 Å². The van der Waals surface area contributed by atoms with Crippen molar-refractivity contribution in [3.8, 4) is 11.8 Å². The van der Waals surface area contributed by atoms with Gasteiger partial charge in [-0.3, -0.25) is 4.98 Å². The summed E-state index contributed by atoms with van der Waals surface area (Å²) in [6.07, 6.45) is 2.80. The Labute approximate surface area is 126 Å². The molecule has 108 valence electrons. The predicted octanol–water partition coefficient (Wildman–Crippen LogP) is 2.07. The molecular formula is C18H21N3. The zero-order valence-corrected chi connectivity index (χ0v) is 12.4. The second-order valence-electron chi connectivity index (χ2n) is 5.02. The van der Waals surface area contributed by atoms with Gasteiger partial charge in [-0.2, -0.15) is 0 Å². The first-order chi connectivity index (χ1) is 10.3. The van der Waals surface area contributed by atoms with E-state index in [0.717, 1.165) is 30.8 Å². The van der Waals surface area contributed by atoms with E-state index in [9.17, 15) is 0 Å². The maximum Gasteiger partial charge on any atom is 0.0555 e. The van der Waals surface area contributed by atoms with Crippen molar-refractivity contribution in [1.29, 1.82) is 0 Å². The Hall–Kier alpha value is -2.15. The lowest BCUT2D eigenvalue weighted by Crippen LogP contribution is -2.21. The highest BCUT2D eigenvalue weighted by Gasteiger charge is 2.02. The van der Waals surface area contributed by atoms with Gasteiger partial charge in [0.1, 0.15) is 0 Å². The van der Waals surface area contributed by atoms with Crippen molar-refractivity contribution in [2.24, 2.45) is 5.73 Å². The lowest BCUT2D eigenvalue weighted by atomic mass is 10.1. The lowest BCUT2D eigenvalue weighted by molar-refractivity contribution is 0.330. The fourth-order valence-electron chi connectivity index (χ4n) is 2.14. The molecule has 1 heterocycles. The van der Waals surface area contributed by atoms with Gasteiger partial charge in [0, 0.05) is 37.0 Å². The Morgan fingerprint density at radius 1 is 1.19 bits per heavy atom. The average molecular weight is 279 g/mol. The van der Waals surface area contributed by atoms with Crippen LogP contribution in [0.4, 0.5) is 0 Å². The Morgan fingerprint density at radius 3 is 2.86 bits per heavy atom. The normalized spacial score (nSPS) is 10.2. The van der Waals surface area contributed by atoms with Crippen LogP contribution in [0.25, 0.3) is 0 Å². The molecule has 2 rings (SSSR count). The molecule has 0 saturated carbocycles. The Morgan fingerprint density at radius 2 is 2.10 bits per heavy atom. The van der Waals surface area contributed by atoms with Crippen LogP contribution in [0.15, 0.2) is 48.7 Å². The number of hydrogen-bond acceptors (Lipinski definition) is 3. The van der Waals surface area contributed by atoms with Crippen molar-refractivity contribution in [2.75, 3.05) is 20.1 Å². The highest BCUT2D eigenvalue weighted by molar-refractivity contribution is 5.37. The summed E-state index contributed by atoms with van der Waals surface area (Å²) < 4.78 is 0. The molecule has 3 nitrogen and oxygen atoms in total. The summed E-state index contributed by atoms with van der Waals surface area (Å²) in [5, 5.41) is 0. The van der Waals surface area contributed by atoms with Crippen molar-refractivity contribution in [2.45, 2.75) is 13.0 Å². The molecule has 2 N–H and O–H groups in total. The highest BCUT2D eigenvalue weighted by atomic mass is 15.1. The van der Waals surface area contributed by atoms with Crippen LogP contribution in [-0.4, -0.2) is 30.0 Å². The van der Waals surface area contributed by atoms with Gasteiger partial charge in [-0.1, -0.05) is 30.0 Å². The summed E-state index contributed by atoms with van der Waals surface area (Å²) in [4.78, 5) is 6.64. The minimum atomic E-state index is 0.397. The van der Waals surface area contributed by atoms with Crippen molar-refractivity contribution in [3.63, 3.8) is 0 Å². The molecule has 0 unspecified atom stereocenters. The van der Waals surface area contributed by atoms with E-state index in [1.807, 2.05) is 30.5 Å². The quantitative estimate of drug-likeness (QED) is 0.852. The highest BCUT2D eigenvalue weighted by Crippen LogP contribution is 2.07. The fraction of sp³-hybridized carbons (Fsp3) is 0.278. The molecule has 0 fully saturated rings. The molecule has 0 aliphatic carbocycles. The molecule has 0 aliphatic heterocycles. The van der Waals surface area contributed by atoms with Gasteiger partial charge in [0.15, 0.2) is 0 Å². The monoisotopic (exact) mass is 279 g/mol. The van der Waals surface area contributed by atoms with Gasteiger partial charge in [-0.15, -0.1) is 0 Å². The molecule has 3 heteroatoms. The molecule has 0 bridgehead atoms. The molecule has 21 heavy (non-hydrogen) atoms. The largest absolute Gasteiger partial charge is 0.320 e. The maximum absolute atomic E-state index is 5.40. The number of rotatable bonds is 5. The van der Waals surface area contributed by atoms with Crippen molar-refractivity contribution in [3.05, 3.63) is 65.5 Å². The zero-order valence-electron chi connectivity index (χ0n) is 12.4. The van der Waals surface area contributed by atoms with Crippen LogP contribution in [0.2, 0.25) is 0 Å². The van der Waals surface area contributed by atoms with E-state index in [0.29, 0.717) is 6.54 Å². The van der Waals surface area contributed by atoms with Gasteiger partial charge in [-0.25, -0.2) is 0 Å². The number of nitrogens with zero attached hydrogens (tertiary/aromatic N) is 2. The van der Waals surface area contributed by atoms with Gasteiger partial charge in [0.25, 0.3) is 0 Å². The van der Waals surface area contributed by atoms with E-state index in [-0.39, 0.29) is 0 Å². The summed E-state index contributed by atoms with van der Waals surface area (Å²) >= 11 is 0. The molecule has 1 aromatic heterocycles. The molecule has 0 amide bonds. The number of pyridine rings is 1. The van der Waals surface area contributed by atoms with Crippen molar-refractivity contribution in [1.82, 2.24) is 9.88 Å². The number of aromatic nitrogens is 1. The van der Waals surface area contributed by atoms with E-state index in [2.05, 4.69) is 47.0 Å². The Balaban J connectivity index is 1.89. The summed E-state index contributed by atoms with van der Waals surface area (Å²) in [6.45, 7) is 2.29. The first kappa shape index (κ1) is 15.2. The van der Waals surface area contributed by atoms with E-state index in [1.54, 1.807) is 0 Å². The van der Waals surface area contributed by atoms with Crippen LogP contribution in [0.5, 0.6) is 0 Å². The van der Waals surface area contributed by atoms with Crippen LogP contribution in [0, 0.1) is 11.8 Å². The molecule has 0 aliphatic rings. The molecule has 0 atom stereocenters. The minimum absolute atomic E-state index is 0.397. The van der Waals surface area contributed by atoms with Crippen LogP contribution in [0.3, 0.4) is 0 Å². The standard InChI is InChI=1S/C18H21N3/c1-21(13-10-18-9-2-3-12-20-18)15-17-7-4-6-16(14-17)8-5-11-19/h2-4,6-7,9,12,14H,10-11,13,15,19H2,1H3. The Kier molecular flexibility index (Phi) is 5.96. The topological polar surface area (TPSA) is 42.2 Å². The van der Waals surface area contributed by atoms with Gasteiger partial charge in [0.2, 0.25) is 0 Å². The van der Waals surface area contributed by atoms with E-state index >= 15 is 0 Å². The van der Waals surface area contributed by atoms with E-state index in [1.165, 1.54) is 5.56 Å². The first-order valence-electron chi connectivity index (χ1n) is 7.14. The predicted molar refractivity (Wildman–Crippen MR) is 86.6 cm³/mol. The minimum Gasteiger partial charge on any atom is -0.320 e. The second-order valence-corrected chi connectivity index (χ2v) is 5.02. The lowest BCUT2D eigenvalue weighted by Gasteiger charge is -2.16. The molecule has 2 aromatic rings. The summed E-state index contributed by atoms with van der Waals surface area (Å²) in [7, 11) is 2.13. The molecule has 1 aromatic carbocycles. The average Bonchev–Trinajstić information content (AvgIpc) is 2.52.